The summed E-state index contributed by atoms with van der Waals surface area (Å²) in [6.45, 7) is 5.36. The number of hydrogen-bond acceptors (Lipinski definition) is 4. The number of hydrogen-bond donors (Lipinski definition) is 1. The van der Waals surface area contributed by atoms with E-state index in [-0.39, 0.29) is 11.9 Å². The Bertz CT molecular complexity index is 710. The highest BCUT2D eigenvalue weighted by Crippen LogP contribution is 2.21. The fraction of sp³-hybridized carbons (Fsp3) is 0.478. The summed E-state index contributed by atoms with van der Waals surface area (Å²) in [5, 5.41) is 3.44. The van der Waals surface area contributed by atoms with Crippen LogP contribution in [0.1, 0.15) is 55.1 Å². The molecule has 1 aliphatic rings. The molecule has 0 aliphatic carbocycles. The van der Waals surface area contributed by atoms with Gasteiger partial charge in [0.15, 0.2) is 0 Å². The summed E-state index contributed by atoms with van der Waals surface area (Å²) in [5.74, 6) is 0.887. The number of unbranched alkanes of at least 4 members (excludes halogenated alkanes) is 1. The number of rotatable bonds is 8. The van der Waals surface area contributed by atoms with Gasteiger partial charge in [0.2, 0.25) is 0 Å². The molecular weight excluding hydrogens is 350 g/mol. The maximum atomic E-state index is 13.4. The second-order valence-electron chi connectivity index (χ2n) is 7.32. The molecule has 2 heterocycles. The van der Waals surface area contributed by atoms with Gasteiger partial charge in [0.1, 0.15) is 5.75 Å². The van der Waals surface area contributed by atoms with Crippen molar-refractivity contribution < 1.29 is 9.53 Å². The van der Waals surface area contributed by atoms with Crippen LogP contribution in [0.3, 0.4) is 0 Å². The van der Waals surface area contributed by atoms with Crippen LogP contribution in [-0.2, 0) is 6.54 Å². The van der Waals surface area contributed by atoms with Gasteiger partial charge in [0, 0.05) is 17.8 Å². The van der Waals surface area contributed by atoms with Crippen LogP contribution in [0.25, 0.3) is 0 Å². The van der Waals surface area contributed by atoms with Crippen LogP contribution in [0.4, 0.5) is 0 Å². The molecule has 1 unspecified atom stereocenters. The van der Waals surface area contributed by atoms with Crippen molar-refractivity contribution in [3.63, 3.8) is 0 Å². The molecule has 1 aromatic heterocycles. The monoisotopic (exact) mass is 381 g/mol. The van der Waals surface area contributed by atoms with Crippen LogP contribution in [0.5, 0.6) is 5.75 Å². The zero-order valence-electron chi connectivity index (χ0n) is 16.8. The molecule has 1 atom stereocenters. The molecule has 2 aromatic rings. The first-order valence-corrected chi connectivity index (χ1v) is 10.4. The van der Waals surface area contributed by atoms with Gasteiger partial charge in [0.25, 0.3) is 5.91 Å². The number of aromatic nitrogens is 1. The molecule has 0 radical (unpaired) electrons. The Morgan fingerprint density at radius 3 is 2.79 bits per heavy atom. The van der Waals surface area contributed by atoms with E-state index in [1.165, 1.54) is 0 Å². The summed E-state index contributed by atoms with van der Waals surface area (Å²) >= 11 is 0. The largest absolute Gasteiger partial charge is 0.494 e. The number of pyridine rings is 1. The molecule has 1 aliphatic heterocycles. The third-order valence-electron chi connectivity index (χ3n) is 5.17. The Balaban J connectivity index is 1.75. The minimum atomic E-state index is 0.0673. The number of amides is 1. The summed E-state index contributed by atoms with van der Waals surface area (Å²) in [7, 11) is 0. The van der Waals surface area contributed by atoms with Crippen LogP contribution in [0, 0.1) is 0 Å². The molecule has 150 valence electrons. The van der Waals surface area contributed by atoms with Crippen LogP contribution < -0.4 is 10.1 Å². The van der Waals surface area contributed by atoms with Gasteiger partial charge in [-0.2, -0.15) is 0 Å². The molecule has 1 amide bonds. The van der Waals surface area contributed by atoms with Crippen molar-refractivity contribution in [2.45, 2.75) is 51.6 Å². The predicted octanol–water partition coefficient (Wildman–Crippen LogP) is 4.05. The van der Waals surface area contributed by atoms with E-state index in [9.17, 15) is 4.79 Å². The zero-order valence-corrected chi connectivity index (χ0v) is 16.8. The first-order valence-electron chi connectivity index (χ1n) is 10.4. The van der Waals surface area contributed by atoms with Crippen molar-refractivity contribution in [3.8, 4) is 5.75 Å². The summed E-state index contributed by atoms with van der Waals surface area (Å²) in [6, 6.07) is 13.6. The second kappa shape index (κ2) is 10.8. The lowest BCUT2D eigenvalue weighted by atomic mass is 10.0. The van der Waals surface area contributed by atoms with Crippen molar-refractivity contribution in [1.82, 2.24) is 15.2 Å². The van der Waals surface area contributed by atoms with Crippen molar-refractivity contribution in [1.29, 1.82) is 0 Å². The third-order valence-corrected chi connectivity index (χ3v) is 5.17. The van der Waals surface area contributed by atoms with E-state index in [0.29, 0.717) is 18.7 Å². The summed E-state index contributed by atoms with van der Waals surface area (Å²) in [6.07, 6.45) is 7.00. The number of nitrogens with one attached hydrogen (secondary N) is 1. The van der Waals surface area contributed by atoms with Gasteiger partial charge in [-0.3, -0.25) is 9.78 Å². The van der Waals surface area contributed by atoms with Crippen LogP contribution in [0.15, 0.2) is 48.7 Å². The first-order chi connectivity index (χ1) is 13.8. The third kappa shape index (κ3) is 5.80. The van der Waals surface area contributed by atoms with Crippen molar-refractivity contribution in [3.05, 3.63) is 59.9 Å². The maximum absolute atomic E-state index is 13.4. The second-order valence-corrected chi connectivity index (χ2v) is 7.32. The normalized spacial score (nSPS) is 17.0. The van der Waals surface area contributed by atoms with E-state index >= 15 is 0 Å². The minimum absolute atomic E-state index is 0.0673. The molecule has 0 spiro atoms. The topological polar surface area (TPSA) is 54.5 Å². The summed E-state index contributed by atoms with van der Waals surface area (Å²) in [4.78, 5) is 19.8. The molecule has 1 aromatic carbocycles. The number of ether oxygens (including phenoxy) is 1. The van der Waals surface area contributed by atoms with Gasteiger partial charge in [-0.05, 0) is 75.2 Å². The number of nitrogens with zero attached hydrogens (tertiary/aromatic N) is 2. The average molecular weight is 382 g/mol. The van der Waals surface area contributed by atoms with Crippen molar-refractivity contribution in [2.75, 3.05) is 19.7 Å². The SMILES string of the molecule is CCCCOc1ccc(C(=O)N(Cc2ccccn2)C2CCCNCC2)cc1. The first kappa shape index (κ1) is 20.3. The highest BCUT2D eigenvalue weighted by molar-refractivity contribution is 5.94. The van der Waals surface area contributed by atoms with Gasteiger partial charge in [-0.25, -0.2) is 0 Å². The van der Waals surface area contributed by atoms with Crippen LogP contribution >= 0.6 is 0 Å². The number of benzene rings is 1. The molecule has 1 N–H and O–H groups in total. The number of carbonyl (C=O) groups is 1. The summed E-state index contributed by atoms with van der Waals surface area (Å²) in [5.41, 5.74) is 1.63. The van der Waals surface area contributed by atoms with E-state index in [4.69, 9.17) is 4.74 Å². The van der Waals surface area contributed by atoms with E-state index in [0.717, 1.165) is 56.6 Å². The van der Waals surface area contributed by atoms with Gasteiger partial charge in [-0.15, -0.1) is 0 Å². The average Bonchev–Trinajstić information content (AvgIpc) is 3.02. The Kier molecular flexibility index (Phi) is 7.85. The van der Waals surface area contributed by atoms with Gasteiger partial charge < -0.3 is 15.0 Å². The minimum Gasteiger partial charge on any atom is -0.494 e. The Morgan fingerprint density at radius 1 is 1.18 bits per heavy atom. The molecule has 28 heavy (non-hydrogen) atoms. The molecule has 3 rings (SSSR count). The molecule has 5 nitrogen and oxygen atoms in total. The number of carbonyl (C=O) groups excluding carboxylic acids is 1. The summed E-state index contributed by atoms with van der Waals surface area (Å²) < 4.78 is 5.73. The molecule has 0 saturated carbocycles. The van der Waals surface area contributed by atoms with Crippen molar-refractivity contribution >= 4 is 5.91 Å². The Hall–Kier alpha value is -2.40. The van der Waals surface area contributed by atoms with Crippen molar-refractivity contribution in [2.24, 2.45) is 0 Å². The highest BCUT2D eigenvalue weighted by Gasteiger charge is 2.26. The zero-order chi connectivity index (χ0) is 19.6. The highest BCUT2D eigenvalue weighted by atomic mass is 16.5. The Labute approximate surface area is 168 Å². The quantitative estimate of drug-likeness (QED) is 0.701. The van der Waals surface area contributed by atoms with Gasteiger partial charge in [-0.1, -0.05) is 19.4 Å². The van der Waals surface area contributed by atoms with Gasteiger partial charge >= 0.3 is 0 Å². The fourth-order valence-electron chi connectivity index (χ4n) is 3.54. The van der Waals surface area contributed by atoms with E-state index in [2.05, 4.69) is 17.2 Å². The lowest BCUT2D eigenvalue weighted by molar-refractivity contribution is 0.0642. The Morgan fingerprint density at radius 2 is 2.04 bits per heavy atom. The van der Waals surface area contributed by atoms with E-state index < -0.39 is 0 Å². The molecule has 1 saturated heterocycles. The molecule has 5 heteroatoms. The van der Waals surface area contributed by atoms with Gasteiger partial charge in [0.05, 0.1) is 18.8 Å². The standard InChI is InChI=1S/C23H31N3O2/c1-2-3-17-28-22-11-9-19(10-12-22)23(27)26(18-20-7-4-5-15-25-20)21-8-6-14-24-16-13-21/h4-5,7,9-12,15,21,24H,2-3,6,8,13-14,16-18H2,1H3. The smallest absolute Gasteiger partial charge is 0.254 e. The lowest BCUT2D eigenvalue weighted by Gasteiger charge is -2.31. The van der Waals surface area contributed by atoms with Crippen LogP contribution in [-0.4, -0.2) is 41.5 Å². The molecule has 0 bridgehead atoms. The molecular formula is C23H31N3O2. The van der Waals surface area contributed by atoms with Crippen LogP contribution in [0.2, 0.25) is 0 Å². The predicted molar refractivity (Wildman–Crippen MR) is 111 cm³/mol. The molecule has 1 fully saturated rings. The maximum Gasteiger partial charge on any atom is 0.254 e. The lowest BCUT2D eigenvalue weighted by Crippen LogP contribution is -2.40. The van der Waals surface area contributed by atoms with E-state index in [1.54, 1.807) is 6.20 Å². The van der Waals surface area contributed by atoms with E-state index in [1.807, 2.05) is 47.4 Å². The fourth-order valence-corrected chi connectivity index (χ4v) is 3.54.